The number of hydrogen-bond donors (Lipinski definition) is 2. The molecule has 3 rings (SSSR count). The molecule has 0 bridgehead atoms. The number of rotatable bonds is 4. The second-order valence-electron chi connectivity index (χ2n) is 6.35. The minimum absolute atomic E-state index is 0.160. The van der Waals surface area contributed by atoms with Crippen molar-refractivity contribution in [3.63, 3.8) is 0 Å². The Kier molecular flexibility index (Phi) is 4.30. The van der Waals surface area contributed by atoms with Crippen LogP contribution in [0, 0.1) is 13.8 Å². The lowest BCUT2D eigenvalue weighted by Crippen LogP contribution is -3.06. The van der Waals surface area contributed by atoms with Gasteiger partial charge in [-0.2, -0.15) is 0 Å². The Balaban J connectivity index is 1.92. The molecule has 0 saturated heterocycles. The zero-order valence-electron chi connectivity index (χ0n) is 13.9. The fourth-order valence-corrected chi connectivity index (χ4v) is 3.14. The molecule has 1 heterocycles. The molecule has 3 heteroatoms. The van der Waals surface area contributed by atoms with Crippen LogP contribution in [0.15, 0.2) is 53.3 Å². The molecule has 118 valence electrons. The predicted octanol–water partition coefficient (Wildman–Crippen LogP) is 2.36. The summed E-state index contributed by atoms with van der Waals surface area (Å²) in [4.78, 5) is 17.6. The average Bonchev–Trinajstić information content (AvgIpc) is 2.53. The topological polar surface area (TPSA) is 37.3 Å². The second-order valence-corrected chi connectivity index (χ2v) is 6.35. The lowest BCUT2D eigenvalue weighted by Gasteiger charge is -2.16. The molecule has 0 amide bonds. The van der Waals surface area contributed by atoms with E-state index in [9.17, 15) is 4.79 Å². The molecule has 23 heavy (non-hydrogen) atoms. The van der Waals surface area contributed by atoms with E-state index in [1.165, 1.54) is 10.5 Å². The summed E-state index contributed by atoms with van der Waals surface area (Å²) in [6, 6.07) is 16.3. The number of benzene rings is 2. The lowest BCUT2D eigenvalue weighted by atomic mass is 10.1. The van der Waals surface area contributed by atoms with Crippen molar-refractivity contribution < 1.29 is 4.90 Å². The van der Waals surface area contributed by atoms with Gasteiger partial charge in [0.2, 0.25) is 0 Å². The van der Waals surface area contributed by atoms with Gasteiger partial charge >= 0.3 is 0 Å². The van der Waals surface area contributed by atoms with Gasteiger partial charge in [0.15, 0.2) is 5.43 Å². The number of aromatic nitrogens is 1. The van der Waals surface area contributed by atoms with Gasteiger partial charge in [-0.05, 0) is 25.5 Å². The normalized spacial score (nSPS) is 12.5. The summed E-state index contributed by atoms with van der Waals surface area (Å²) >= 11 is 0. The monoisotopic (exact) mass is 307 g/mol. The van der Waals surface area contributed by atoms with Crippen molar-refractivity contribution in [3.05, 3.63) is 81.1 Å². The quantitative estimate of drug-likeness (QED) is 0.763. The Morgan fingerprint density at radius 3 is 2.43 bits per heavy atom. The van der Waals surface area contributed by atoms with Crippen molar-refractivity contribution in [1.82, 2.24) is 4.98 Å². The number of H-pyrrole nitrogens is 1. The van der Waals surface area contributed by atoms with Gasteiger partial charge in [0.25, 0.3) is 0 Å². The third-order valence-electron chi connectivity index (χ3n) is 4.38. The molecule has 0 saturated carbocycles. The van der Waals surface area contributed by atoms with Gasteiger partial charge in [0, 0.05) is 16.6 Å². The number of fused-ring (bicyclic) bond motifs is 1. The van der Waals surface area contributed by atoms with Crippen LogP contribution < -0.4 is 10.3 Å². The standard InChI is InChI=1S/C20H22N2O/c1-14-8-7-11-17-19(14)21-15(2)18(20(17)23)13-22(3)12-16-9-5-4-6-10-16/h4-11H,12-13H2,1-3H3,(H,21,23)/p+1. The molecule has 0 aliphatic heterocycles. The van der Waals surface area contributed by atoms with E-state index in [1.807, 2.05) is 38.1 Å². The van der Waals surface area contributed by atoms with Crippen LogP contribution in [0.1, 0.15) is 22.4 Å². The van der Waals surface area contributed by atoms with E-state index in [1.54, 1.807) is 0 Å². The van der Waals surface area contributed by atoms with Gasteiger partial charge in [-0.15, -0.1) is 0 Å². The average molecular weight is 307 g/mol. The summed E-state index contributed by atoms with van der Waals surface area (Å²) in [7, 11) is 2.13. The fourth-order valence-electron chi connectivity index (χ4n) is 3.14. The maximum atomic E-state index is 12.9. The van der Waals surface area contributed by atoms with Crippen LogP contribution in [-0.4, -0.2) is 12.0 Å². The molecule has 2 aromatic carbocycles. The van der Waals surface area contributed by atoms with Gasteiger partial charge in [0.1, 0.15) is 13.1 Å². The number of aryl methyl sites for hydroxylation is 2. The van der Waals surface area contributed by atoms with Crippen LogP contribution in [0.4, 0.5) is 0 Å². The highest BCUT2D eigenvalue weighted by atomic mass is 16.1. The van der Waals surface area contributed by atoms with Crippen molar-refractivity contribution in [2.75, 3.05) is 7.05 Å². The first-order chi connectivity index (χ1) is 11.1. The minimum atomic E-state index is 0.160. The first-order valence-corrected chi connectivity index (χ1v) is 8.02. The van der Waals surface area contributed by atoms with Crippen molar-refractivity contribution in [1.29, 1.82) is 0 Å². The van der Waals surface area contributed by atoms with Crippen LogP contribution in [0.5, 0.6) is 0 Å². The molecule has 0 fully saturated rings. The fraction of sp³-hybridized carbons (Fsp3) is 0.250. The molecule has 0 aliphatic rings. The van der Waals surface area contributed by atoms with Crippen molar-refractivity contribution >= 4 is 10.9 Å². The summed E-state index contributed by atoms with van der Waals surface area (Å²) in [5, 5.41) is 0.790. The van der Waals surface area contributed by atoms with E-state index in [4.69, 9.17) is 0 Å². The summed E-state index contributed by atoms with van der Waals surface area (Å²) in [5.74, 6) is 0. The minimum Gasteiger partial charge on any atom is -0.358 e. The van der Waals surface area contributed by atoms with Crippen molar-refractivity contribution in [2.24, 2.45) is 0 Å². The molecule has 2 N–H and O–H groups in total. The molecule has 0 spiro atoms. The van der Waals surface area contributed by atoms with Crippen LogP contribution in [0.3, 0.4) is 0 Å². The Labute approximate surface area is 136 Å². The molecule has 1 atom stereocenters. The maximum absolute atomic E-state index is 12.9. The zero-order valence-corrected chi connectivity index (χ0v) is 13.9. The van der Waals surface area contributed by atoms with E-state index in [-0.39, 0.29) is 5.43 Å². The maximum Gasteiger partial charge on any atom is 0.198 e. The Morgan fingerprint density at radius 1 is 0.957 bits per heavy atom. The second kappa shape index (κ2) is 6.39. The predicted molar refractivity (Wildman–Crippen MR) is 94.8 cm³/mol. The largest absolute Gasteiger partial charge is 0.358 e. The van der Waals surface area contributed by atoms with Gasteiger partial charge in [-0.1, -0.05) is 42.5 Å². The lowest BCUT2D eigenvalue weighted by molar-refractivity contribution is -0.907. The van der Waals surface area contributed by atoms with Crippen LogP contribution in [-0.2, 0) is 13.1 Å². The highest BCUT2D eigenvalue weighted by Crippen LogP contribution is 2.14. The highest BCUT2D eigenvalue weighted by Gasteiger charge is 2.14. The first-order valence-electron chi connectivity index (χ1n) is 8.02. The molecular formula is C20H23N2O+. The SMILES string of the molecule is Cc1[nH]c2c(C)cccc2c(=O)c1C[NH+](C)Cc1ccccc1. The molecule has 0 radical (unpaired) electrons. The Morgan fingerprint density at radius 2 is 1.70 bits per heavy atom. The van der Waals surface area contributed by atoms with E-state index in [0.29, 0.717) is 0 Å². The Bertz CT molecular complexity index is 881. The summed E-state index contributed by atoms with van der Waals surface area (Å²) in [6.45, 7) is 5.66. The third kappa shape index (κ3) is 3.20. The van der Waals surface area contributed by atoms with Crippen LogP contribution in [0.25, 0.3) is 10.9 Å². The van der Waals surface area contributed by atoms with E-state index < -0.39 is 0 Å². The van der Waals surface area contributed by atoms with Gasteiger partial charge in [-0.25, -0.2) is 0 Å². The number of quaternary nitrogens is 1. The van der Waals surface area contributed by atoms with Crippen molar-refractivity contribution in [2.45, 2.75) is 26.9 Å². The molecular weight excluding hydrogens is 284 g/mol. The number of pyridine rings is 1. The number of para-hydroxylation sites is 1. The molecule has 3 aromatic rings. The molecule has 3 nitrogen and oxygen atoms in total. The number of hydrogen-bond acceptors (Lipinski definition) is 1. The van der Waals surface area contributed by atoms with E-state index in [2.05, 4.69) is 36.3 Å². The zero-order chi connectivity index (χ0) is 16.4. The van der Waals surface area contributed by atoms with Gasteiger partial charge < -0.3 is 9.88 Å². The summed E-state index contributed by atoms with van der Waals surface area (Å²) in [6.07, 6.45) is 0. The Hall–Kier alpha value is -2.39. The smallest absolute Gasteiger partial charge is 0.198 e. The van der Waals surface area contributed by atoms with Crippen LogP contribution in [0.2, 0.25) is 0 Å². The highest BCUT2D eigenvalue weighted by molar-refractivity contribution is 5.82. The van der Waals surface area contributed by atoms with E-state index in [0.717, 1.165) is 40.8 Å². The third-order valence-corrected chi connectivity index (χ3v) is 4.38. The summed E-state index contributed by atoms with van der Waals surface area (Å²) in [5.41, 5.74) is 5.38. The van der Waals surface area contributed by atoms with E-state index >= 15 is 0 Å². The van der Waals surface area contributed by atoms with Crippen LogP contribution >= 0.6 is 0 Å². The summed E-state index contributed by atoms with van der Waals surface area (Å²) < 4.78 is 0. The van der Waals surface area contributed by atoms with Crippen molar-refractivity contribution in [3.8, 4) is 0 Å². The number of nitrogens with one attached hydrogen (secondary N) is 2. The van der Waals surface area contributed by atoms with Gasteiger partial charge in [-0.3, -0.25) is 4.79 Å². The first kappa shape index (κ1) is 15.5. The molecule has 1 unspecified atom stereocenters. The van der Waals surface area contributed by atoms with Gasteiger partial charge in [0.05, 0.1) is 18.1 Å². The molecule has 0 aliphatic carbocycles. The molecule has 1 aromatic heterocycles. The number of aromatic amines is 1.